The number of benzene rings is 1. The fourth-order valence-corrected chi connectivity index (χ4v) is 3.66. The molecule has 0 spiro atoms. The second-order valence-corrected chi connectivity index (χ2v) is 8.54. The molecule has 0 aliphatic heterocycles. The van der Waals surface area contributed by atoms with Gasteiger partial charge in [-0.1, -0.05) is 87.6 Å². The number of aliphatic carboxylic acids is 2. The Labute approximate surface area is 202 Å². The summed E-state index contributed by atoms with van der Waals surface area (Å²) in [5, 5.41) is 19.8. The molecule has 0 atom stereocenters. The van der Waals surface area contributed by atoms with Gasteiger partial charge in [0, 0.05) is 29.8 Å². The quantitative estimate of drug-likeness (QED) is 0.386. The molecule has 1 aromatic rings. The van der Waals surface area contributed by atoms with Crippen LogP contribution >= 0.6 is 0 Å². The predicted molar refractivity (Wildman–Crippen MR) is 132 cm³/mol. The van der Waals surface area contributed by atoms with Crippen molar-refractivity contribution in [2.45, 2.75) is 83.6 Å². The number of carboxylic acids is 2. The summed E-state index contributed by atoms with van der Waals surface area (Å²) in [4.78, 5) is 43.5. The van der Waals surface area contributed by atoms with Crippen molar-refractivity contribution in [3.8, 4) is 0 Å². The molecule has 1 saturated carbocycles. The van der Waals surface area contributed by atoms with Crippen LogP contribution in [0.4, 0.5) is 0 Å². The highest BCUT2D eigenvalue weighted by atomic mass is 16.4. The largest absolute Gasteiger partial charge is 0.478 e. The van der Waals surface area contributed by atoms with E-state index in [0.29, 0.717) is 5.56 Å². The molecule has 3 N–H and O–H groups in total. The number of hydrogen-bond donors (Lipinski definition) is 3. The lowest BCUT2D eigenvalue weighted by atomic mass is 9.98. The fraction of sp³-hybridized carbons (Fsp3) is 0.481. The molecule has 1 fully saturated rings. The first-order chi connectivity index (χ1) is 16.3. The maximum atomic E-state index is 11.6. The van der Waals surface area contributed by atoms with Crippen LogP contribution in [0.15, 0.2) is 48.6 Å². The zero-order valence-corrected chi connectivity index (χ0v) is 20.0. The number of aryl methyl sites for hydroxylation is 1. The van der Waals surface area contributed by atoms with E-state index >= 15 is 0 Å². The van der Waals surface area contributed by atoms with Crippen molar-refractivity contribution in [1.82, 2.24) is 5.32 Å². The number of allylic oxidation sites excluding steroid dienone is 1. The number of hydrogen-bond acceptors (Lipinski definition) is 4. The Kier molecular flexibility index (Phi) is 14.6. The Morgan fingerprint density at radius 1 is 0.706 bits per heavy atom. The third-order valence-corrected chi connectivity index (χ3v) is 5.54. The van der Waals surface area contributed by atoms with Gasteiger partial charge < -0.3 is 15.5 Å². The van der Waals surface area contributed by atoms with Crippen molar-refractivity contribution in [3.63, 3.8) is 0 Å². The van der Waals surface area contributed by atoms with Crippen LogP contribution in [0, 0.1) is 6.92 Å². The van der Waals surface area contributed by atoms with E-state index in [2.05, 4.69) is 5.32 Å². The van der Waals surface area contributed by atoms with E-state index in [1.165, 1.54) is 44.9 Å². The van der Waals surface area contributed by atoms with Gasteiger partial charge in [-0.05, 0) is 25.8 Å². The van der Waals surface area contributed by atoms with Gasteiger partial charge in [0.25, 0.3) is 0 Å². The standard InChI is InChI=1S/C16H27NO3.C11H10O3/c18-15(12-13-16(19)20)17-14-10-8-6-4-2-1-3-5-7-9-11-14;1-8-2-4-9(5-3-8)10(12)6-7-11(13)14/h12-14H,1-11H2,(H,17,18)(H,19,20);2-7H,1H3,(H,13,14)/b13-12-;7-6+. The summed E-state index contributed by atoms with van der Waals surface area (Å²) in [6.07, 6.45) is 17.3. The molecule has 1 aromatic carbocycles. The van der Waals surface area contributed by atoms with Crippen molar-refractivity contribution >= 4 is 23.6 Å². The van der Waals surface area contributed by atoms with Crippen molar-refractivity contribution in [2.75, 3.05) is 0 Å². The van der Waals surface area contributed by atoms with Gasteiger partial charge in [-0.15, -0.1) is 0 Å². The Morgan fingerprint density at radius 3 is 1.62 bits per heavy atom. The molecule has 0 aromatic heterocycles. The van der Waals surface area contributed by atoms with E-state index in [-0.39, 0.29) is 17.7 Å². The normalized spacial score (nSPS) is 16.0. The molecule has 0 unspecified atom stereocenters. The van der Waals surface area contributed by atoms with Crippen molar-refractivity contribution in [3.05, 3.63) is 59.7 Å². The summed E-state index contributed by atoms with van der Waals surface area (Å²) in [5.74, 6) is -2.79. The van der Waals surface area contributed by atoms with Gasteiger partial charge in [-0.3, -0.25) is 9.59 Å². The first kappa shape index (κ1) is 28.8. The van der Waals surface area contributed by atoms with E-state index in [4.69, 9.17) is 10.2 Å². The zero-order valence-electron chi connectivity index (χ0n) is 20.0. The number of carbonyl (C=O) groups is 4. The Morgan fingerprint density at radius 2 is 1.15 bits per heavy atom. The van der Waals surface area contributed by atoms with Crippen LogP contribution in [0.3, 0.4) is 0 Å². The van der Waals surface area contributed by atoms with Gasteiger partial charge >= 0.3 is 11.9 Å². The minimum Gasteiger partial charge on any atom is -0.478 e. The Bertz CT molecular complexity index is 829. The van der Waals surface area contributed by atoms with Crippen LogP contribution in [-0.4, -0.2) is 39.9 Å². The van der Waals surface area contributed by atoms with Crippen LogP contribution in [-0.2, 0) is 14.4 Å². The van der Waals surface area contributed by atoms with E-state index in [1.807, 2.05) is 19.1 Å². The molecule has 0 saturated heterocycles. The lowest BCUT2D eigenvalue weighted by Gasteiger charge is -2.18. The van der Waals surface area contributed by atoms with Crippen LogP contribution < -0.4 is 5.32 Å². The lowest BCUT2D eigenvalue weighted by Crippen LogP contribution is -2.33. The third kappa shape index (κ3) is 14.8. The van der Waals surface area contributed by atoms with E-state index in [1.54, 1.807) is 12.1 Å². The molecule has 0 bridgehead atoms. The summed E-state index contributed by atoms with van der Waals surface area (Å²) in [6.45, 7) is 1.92. The first-order valence-electron chi connectivity index (χ1n) is 12.0. The summed E-state index contributed by atoms with van der Waals surface area (Å²) < 4.78 is 0. The molecule has 34 heavy (non-hydrogen) atoms. The van der Waals surface area contributed by atoms with Crippen molar-refractivity contribution in [1.29, 1.82) is 0 Å². The maximum Gasteiger partial charge on any atom is 0.328 e. The van der Waals surface area contributed by atoms with Crippen LogP contribution in [0.1, 0.15) is 86.6 Å². The molecule has 0 radical (unpaired) electrons. The lowest BCUT2D eigenvalue weighted by molar-refractivity contribution is -0.132. The van der Waals surface area contributed by atoms with E-state index in [9.17, 15) is 19.2 Å². The number of ketones is 1. The highest BCUT2D eigenvalue weighted by Crippen LogP contribution is 2.17. The van der Waals surface area contributed by atoms with Crippen molar-refractivity contribution < 1.29 is 29.4 Å². The van der Waals surface area contributed by atoms with Crippen LogP contribution in [0.2, 0.25) is 0 Å². The Hall–Kier alpha value is -3.22. The molecule has 1 aliphatic carbocycles. The number of amides is 1. The highest BCUT2D eigenvalue weighted by Gasteiger charge is 2.11. The number of carboxylic acid groups (broad SMARTS) is 2. The van der Waals surface area contributed by atoms with E-state index < -0.39 is 11.9 Å². The molecule has 7 heteroatoms. The summed E-state index contributed by atoms with van der Waals surface area (Å²) in [5.41, 5.74) is 1.55. The number of carbonyl (C=O) groups excluding carboxylic acids is 2. The smallest absolute Gasteiger partial charge is 0.328 e. The van der Waals surface area contributed by atoms with Crippen LogP contribution in [0.5, 0.6) is 0 Å². The topological polar surface area (TPSA) is 121 Å². The van der Waals surface area contributed by atoms with Crippen molar-refractivity contribution in [2.24, 2.45) is 0 Å². The summed E-state index contributed by atoms with van der Waals surface area (Å²) in [7, 11) is 0. The molecule has 1 aliphatic rings. The van der Waals surface area contributed by atoms with Gasteiger partial charge in [0.2, 0.25) is 5.91 Å². The SMILES string of the molecule is Cc1ccc(C(=O)/C=C/C(=O)O)cc1.O=C(O)/C=C\C(=O)NC1CCCCCCCCCCC1. The summed E-state index contributed by atoms with van der Waals surface area (Å²) in [6, 6.07) is 7.15. The van der Waals surface area contributed by atoms with E-state index in [0.717, 1.165) is 55.6 Å². The molecule has 0 heterocycles. The first-order valence-corrected chi connectivity index (χ1v) is 12.0. The number of nitrogens with one attached hydrogen (secondary N) is 1. The molecule has 186 valence electrons. The number of rotatable bonds is 6. The van der Waals surface area contributed by atoms with Gasteiger partial charge in [-0.25, -0.2) is 9.59 Å². The fourth-order valence-electron chi connectivity index (χ4n) is 3.66. The molecule has 7 nitrogen and oxygen atoms in total. The van der Waals surface area contributed by atoms with Gasteiger partial charge in [-0.2, -0.15) is 0 Å². The predicted octanol–water partition coefficient (Wildman–Crippen LogP) is 5.24. The van der Waals surface area contributed by atoms with Crippen LogP contribution in [0.25, 0.3) is 0 Å². The molecular weight excluding hydrogens is 434 g/mol. The second-order valence-electron chi connectivity index (χ2n) is 8.54. The Balaban J connectivity index is 0.000000362. The average Bonchev–Trinajstić information content (AvgIpc) is 2.79. The third-order valence-electron chi connectivity index (χ3n) is 5.54. The average molecular weight is 472 g/mol. The monoisotopic (exact) mass is 471 g/mol. The van der Waals surface area contributed by atoms with Gasteiger partial charge in [0.1, 0.15) is 0 Å². The highest BCUT2D eigenvalue weighted by molar-refractivity contribution is 6.06. The minimum atomic E-state index is -1.12. The maximum absolute atomic E-state index is 11.6. The molecule has 1 amide bonds. The van der Waals surface area contributed by atoms with Gasteiger partial charge in [0.05, 0.1) is 0 Å². The molecule has 2 rings (SSSR count). The molecular formula is C27H37NO6. The minimum absolute atomic E-state index is 0.195. The second kappa shape index (κ2) is 17.3. The van der Waals surface area contributed by atoms with Gasteiger partial charge in [0.15, 0.2) is 5.78 Å². The summed E-state index contributed by atoms with van der Waals surface area (Å²) >= 11 is 0. The zero-order chi connectivity index (χ0) is 25.2.